The van der Waals surface area contributed by atoms with Crippen molar-refractivity contribution in [2.24, 2.45) is 0 Å². The van der Waals surface area contributed by atoms with Crippen molar-refractivity contribution in [3.05, 3.63) is 28.8 Å². The van der Waals surface area contributed by atoms with Gasteiger partial charge in [-0.05, 0) is 31.2 Å². The monoisotopic (exact) mass is 269 g/mol. The smallest absolute Gasteiger partial charge is 0.234 e. The molecule has 0 saturated carbocycles. The molecule has 0 spiro atoms. The van der Waals surface area contributed by atoms with Crippen LogP contribution in [0.3, 0.4) is 0 Å². The summed E-state index contributed by atoms with van der Waals surface area (Å²) in [5, 5.41) is 3.43. The Morgan fingerprint density at radius 3 is 2.72 bits per heavy atom. The maximum absolute atomic E-state index is 11.5. The molecule has 3 N–H and O–H groups in total. The normalized spacial score (nSPS) is 10.7. The van der Waals surface area contributed by atoms with Crippen LogP contribution < -0.4 is 11.1 Å². The van der Waals surface area contributed by atoms with Gasteiger partial charge in [0.1, 0.15) is 0 Å². The van der Waals surface area contributed by atoms with Crippen LogP contribution in [0.5, 0.6) is 0 Å². The number of hydrogen-bond donors (Lipinski definition) is 2. The average molecular weight is 270 g/mol. The number of benzene rings is 1. The lowest BCUT2D eigenvalue weighted by Gasteiger charge is -2.20. The minimum Gasteiger partial charge on any atom is -0.399 e. The fourth-order valence-electron chi connectivity index (χ4n) is 1.67. The number of anilines is 1. The molecule has 100 valence electrons. The third kappa shape index (κ3) is 4.55. The second-order valence-corrected chi connectivity index (χ2v) is 4.51. The summed E-state index contributed by atoms with van der Waals surface area (Å²) in [6, 6.07) is 5.45. The summed E-state index contributed by atoms with van der Waals surface area (Å²) in [5.41, 5.74) is 7.28. The number of nitrogens with zero attached hydrogens (tertiary/aromatic N) is 1. The molecule has 0 fully saturated rings. The van der Waals surface area contributed by atoms with E-state index in [1.54, 1.807) is 6.07 Å². The fourth-order valence-corrected chi connectivity index (χ4v) is 1.92. The Hall–Kier alpha value is -1.26. The van der Waals surface area contributed by atoms with E-state index in [4.69, 9.17) is 17.3 Å². The van der Waals surface area contributed by atoms with E-state index in [2.05, 4.69) is 5.32 Å². The van der Waals surface area contributed by atoms with Gasteiger partial charge in [0.25, 0.3) is 0 Å². The van der Waals surface area contributed by atoms with Crippen molar-refractivity contribution in [2.45, 2.75) is 20.4 Å². The summed E-state index contributed by atoms with van der Waals surface area (Å²) in [6.07, 6.45) is 0. The molecule has 1 aromatic rings. The first-order valence-electron chi connectivity index (χ1n) is 6.09. The molecule has 0 aliphatic heterocycles. The number of carbonyl (C=O) groups is 1. The first-order valence-corrected chi connectivity index (χ1v) is 6.47. The first kappa shape index (κ1) is 14.8. The second kappa shape index (κ2) is 7.24. The highest BCUT2D eigenvalue weighted by molar-refractivity contribution is 6.31. The number of amides is 1. The van der Waals surface area contributed by atoms with Gasteiger partial charge in [0.15, 0.2) is 0 Å². The predicted molar refractivity (Wildman–Crippen MR) is 75.5 cm³/mol. The lowest BCUT2D eigenvalue weighted by molar-refractivity contribution is -0.122. The highest BCUT2D eigenvalue weighted by Crippen LogP contribution is 2.20. The molecule has 18 heavy (non-hydrogen) atoms. The Kier molecular flexibility index (Phi) is 5.95. The Morgan fingerprint density at radius 2 is 2.17 bits per heavy atom. The van der Waals surface area contributed by atoms with Crippen molar-refractivity contribution in [2.75, 3.05) is 25.4 Å². The summed E-state index contributed by atoms with van der Waals surface area (Å²) in [5.74, 6) is 0.0333. The van der Waals surface area contributed by atoms with Crippen LogP contribution in [0.2, 0.25) is 5.02 Å². The Morgan fingerprint density at radius 1 is 1.44 bits per heavy atom. The van der Waals surface area contributed by atoms with E-state index >= 15 is 0 Å². The Balaban J connectivity index is 2.65. The van der Waals surface area contributed by atoms with Crippen LogP contribution in [0.1, 0.15) is 19.4 Å². The number of nitrogens with two attached hydrogens (primary N) is 1. The van der Waals surface area contributed by atoms with Gasteiger partial charge in [0.2, 0.25) is 5.91 Å². The largest absolute Gasteiger partial charge is 0.399 e. The molecule has 1 rings (SSSR count). The molecule has 0 aromatic heterocycles. The molecule has 1 aromatic carbocycles. The zero-order chi connectivity index (χ0) is 13.5. The van der Waals surface area contributed by atoms with Crippen molar-refractivity contribution < 1.29 is 4.79 Å². The van der Waals surface area contributed by atoms with Gasteiger partial charge in [-0.25, -0.2) is 0 Å². The molecular weight excluding hydrogens is 250 g/mol. The molecule has 0 bridgehead atoms. The van der Waals surface area contributed by atoms with Crippen LogP contribution in [0, 0.1) is 0 Å². The van der Waals surface area contributed by atoms with Crippen molar-refractivity contribution in [1.82, 2.24) is 10.2 Å². The van der Waals surface area contributed by atoms with Crippen LogP contribution in [0.15, 0.2) is 18.2 Å². The Bertz CT molecular complexity index is 409. The van der Waals surface area contributed by atoms with Crippen molar-refractivity contribution in [3.8, 4) is 0 Å². The number of halogens is 1. The van der Waals surface area contributed by atoms with Crippen LogP contribution in [0.25, 0.3) is 0 Å². The summed E-state index contributed by atoms with van der Waals surface area (Å²) in [7, 11) is 0. The van der Waals surface area contributed by atoms with Gasteiger partial charge in [-0.3, -0.25) is 9.69 Å². The number of hydrogen-bond acceptors (Lipinski definition) is 3. The topological polar surface area (TPSA) is 58.4 Å². The maximum Gasteiger partial charge on any atom is 0.234 e. The standard InChI is InChI=1S/C13H20ClN3O/c1-3-16-13(18)9-17(4-2)8-10-5-6-11(15)7-12(10)14/h5-7H,3-4,8-9,15H2,1-2H3,(H,16,18). The number of nitrogen functional groups attached to an aromatic ring is 1. The lowest BCUT2D eigenvalue weighted by atomic mass is 10.2. The van der Waals surface area contributed by atoms with E-state index < -0.39 is 0 Å². The van der Waals surface area contributed by atoms with E-state index in [1.807, 2.05) is 30.9 Å². The molecule has 0 aliphatic carbocycles. The van der Waals surface area contributed by atoms with E-state index in [-0.39, 0.29) is 5.91 Å². The summed E-state index contributed by atoms with van der Waals surface area (Å²) < 4.78 is 0. The van der Waals surface area contributed by atoms with Gasteiger partial charge in [-0.15, -0.1) is 0 Å². The van der Waals surface area contributed by atoms with E-state index in [9.17, 15) is 4.79 Å². The summed E-state index contributed by atoms with van der Waals surface area (Å²) in [4.78, 5) is 13.6. The highest BCUT2D eigenvalue weighted by atomic mass is 35.5. The third-order valence-corrected chi connectivity index (χ3v) is 3.01. The average Bonchev–Trinajstić information content (AvgIpc) is 2.31. The lowest BCUT2D eigenvalue weighted by Crippen LogP contribution is -2.36. The minimum atomic E-state index is 0.0333. The molecule has 0 atom stereocenters. The zero-order valence-corrected chi connectivity index (χ0v) is 11.6. The number of carbonyl (C=O) groups excluding carboxylic acids is 1. The third-order valence-electron chi connectivity index (χ3n) is 2.66. The van der Waals surface area contributed by atoms with E-state index in [0.717, 1.165) is 12.1 Å². The van der Waals surface area contributed by atoms with E-state index in [0.29, 0.717) is 30.3 Å². The Labute approximate surface area is 113 Å². The molecule has 5 heteroatoms. The van der Waals surface area contributed by atoms with Gasteiger partial charge in [0, 0.05) is 23.8 Å². The molecule has 0 aliphatic rings. The fraction of sp³-hybridized carbons (Fsp3) is 0.462. The first-order chi connectivity index (χ1) is 8.56. The predicted octanol–water partition coefficient (Wildman–Crippen LogP) is 1.88. The molecule has 0 radical (unpaired) electrons. The number of nitrogens with one attached hydrogen (secondary N) is 1. The quantitative estimate of drug-likeness (QED) is 0.776. The van der Waals surface area contributed by atoms with E-state index in [1.165, 1.54) is 0 Å². The molecule has 0 heterocycles. The van der Waals surface area contributed by atoms with Crippen LogP contribution >= 0.6 is 11.6 Å². The van der Waals surface area contributed by atoms with Crippen LogP contribution in [0.4, 0.5) is 5.69 Å². The van der Waals surface area contributed by atoms with Gasteiger partial charge in [0.05, 0.1) is 6.54 Å². The van der Waals surface area contributed by atoms with Crippen molar-refractivity contribution in [3.63, 3.8) is 0 Å². The van der Waals surface area contributed by atoms with Crippen LogP contribution in [-0.4, -0.2) is 30.4 Å². The maximum atomic E-state index is 11.5. The molecule has 0 unspecified atom stereocenters. The van der Waals surface area contributed by atoms with Gasteiger partial charge < -0.3 is 11.1 Å². The molecule has 1 amide bonds. The van der Waals surface area contributed by atoms with Crippen molar-refractivity contribution in [1.29, 1.82) is 0 Å². The van der Waals surface area contributed by atoms with Crippen molar-refractivity contribution >= 4 is 23.2 Å². The number of likely N-dealkylation sites (N-methyl/N-ethyl adjacent to an activating group) is 2. The molecule has 0 saturated heterocycles. The highest BCUT2D eigenvalue weighted by Gasteiger charge is 2.10. The second-order valence-electron chi connectivity index (χ2n) is 4.11. The van der Waals surface area contributed by atoms with Gasteiger partial charge in [-0.2, -0.15) is 0 Å². The minimum absolute atomic E-state index is 0.0333. The summed E-state index contributed by atoms with van der Waals surface area (Å²) in [6.45, 7) is 6.39. The SMILES string of the molecule is CCNC(=O)CN(CC)Cc1ccc(N)cc1Cl. The van der Waals surface area contributed by atoms with Gasteiger partial charge in [-0.1, -0.05) is 24.6 Å². The molecule has 4 nitrogen and oxygen atoms in total. The number of rotatable bonds is 6. The summed E-state index contributed by atoms with van der Waals surface area (Å²) >= 11 is 6.12. The zero-order valence-electron chi connectivity index (χ0n) is 10.9. The van der Waals surface area contributed by atoms with Crippen LogP contribution in [-0.2, 0) is 11.3 Å². The molecular formula is C13H20ClN3O. The van der Waals surface area contributed by atoms with Gasteiger partial charge >= 0.3 is 0 Å².